The fourth-order valence-electron chi connectivity index (χ4n) is 2.91. The maximum atomic E-state index is 11.4. The van der Waals surface area contributed by atoms with Gasteiger partial charge in [0.05, 0.1) is 11.4 Å². The smallest absolute Gasteiger partial charge is 0.223 e. The van der Waals surface area contributed by atoms with E-state index in [1.807, 2.05) is 44.2 Å². The average molecular weight is 436 g/mol. The summed E-state index contributed by atoms with van der Waals surface area (Å²) in [6.07, 6.45) is 7.95. The van der Waals surface area contributed by atoms with Crippen LogP contribution >= 0.6 is 11.3 Å². The molecule has 6 nitrogen and oxygen atoms in total. The van der Waals surface area contributed by atoms with Gasteiger partial charge in [-0.2, -0.15) is 0 Å². The number of hydrogen-bond acceptors (Lipinski definition) is 4. The lowest BCUT2D eigenvalue weighted by Gasteiger charge is -2.06. The zero-order chi connectivity index (χ0) is 22.6. The SMILES string of the molecule is CC.CC(=O)Nc1nc(CCC2C#CC=C(N=C(N)N)C=C2)c(Cc2ccccc2)s1. The first kappa shape index (κ1) is 23.9. The van der Waals surface area contributed by atoms with Crippen LogP contribution in [0.15, 0.2) is 59.2 Å². The van der Waals surface area contributed by atoms with E-state index in [1.54, 1.807) is 6.08 Å². The van der Waals surface area contributed by atoms with Gasteiger partial charge < -0.3 is 16.8 Å². The quantitative estimate of drug-likeness (QED) is 0.347. The highest BCUT2D eigenvalue weighted by Gasteiger charge is 2.14. The summed E-state index contributed by atoms with van der Waals surface area (Å²) in [6, 6.07) is 10.2. The molecule has 1 aromatic carbocycles. The minimum atomic E-state index is -0.118. The van der Waals surface area contributed by atoms with Gasteiger partial charge in [0.15, 0.2) is 11.1 Å². The van der Waals surface area contributed by atoms with Crippen LogP contribution in [0, 0.1) is 17.8 Å². The molecule has 0 saturated carbocycles. The van der Waals surface area contributed by atoms with E-state index in [2.05, 4.69) is 39.3 Å². The Kier molecular flexibility index (Phi) is 9.53. The summed E-state index contributed by atoms with van der Waals surface area (Å²) in [5, 5.41) is 3.44. The monoisotopic (exact) mass is 435 g/mol. The number of amides is 1. The molecule has 1 aliphatic rings. The van der Waals surface area contributed by atoms with Gasteiger partial charge in [-0.1, -0.05) is 62.1 Å². The third kappa shape index (κ3) is 8.11. The van der Waals surface area contributed by atoms with Gasteiger partial charge >= 0.3 is 0 Å². The van der Waals surface area contributed by atoms with Crippen molar-refractivity contribution in [3.8, 4) is 11.8 Å². The van der Waals surface area contributed by atoms with Gasteiger partial charge in [-0.15, -0.1) is 11.3 Å². The van der Waals surface area contributed by atoms with E-state index >= 15 is 0 Å². The number of nitrogens with one attached hydrogen (secondary N) is 1. The maximum Gasteiger partial charge on any atom is 0.223 e. The van der Waals surface area contributed by atoms with Crippen molar-refractivity contribution in [2.24, 2.45) is 22.4 Å². The Bertz CT molecular complexity index is 1020. The van der Waals surface area contributed by atoms with Crippen LogP contribution in [0.3, 0.4) is 0 Å². The lowest BCUT2D eigenvalue weighted by atomic mass is 10.0. The number of carbonyl (C=O) groups is 1. The fourth-order valence-corrected chi connectivity index (χ4v) is 4.00. The zero-order valence-electron chi connectivity index (χ0n) is 18.2. The van der Waals surface area contributed by atoms with Crippen LogP contribution in [0.2, 0.25) is 0 Å². The molecular formula is C24H29N5OS. The molecule has 0 fully saturated rings. The summed E-state index contributed by atoms with van der Waals surface area (Å²) in [5.74, 6) is 6.19. The van der Waals surface area contributed by atoms with E-state index < -0.39 is 0 Å². The third-order valence-corrected chi connectivity index (χ3v) is 5.22. The number of nitrogens with two attached hydrogens (primary N) is 2. The summed E-state index contributed by atoms with van der Waals surface area (Å²) in [6.45, 7) is 5.49. The van der Waals surface area contributed by atoms with Crippen LogP contribution in [0.4, 0.5) is 5.13 Å². The topological polar surface area (TPSA) is 106 Å². The predicted molar refractivity (Wildman–Crippen MR) is 130 cm³/mol. The van der Waals surface area contributed by atoms with Crippen molar-refractivity contribution in [2.45, 2.75) is 40.0 Å². The first-order chi connectivity index (χ1) is 15.0. The van der Waals surface area contributed by atoms with Gasteiger partial charge in [-0.05, 0) is 24.5 Å². The second-order valence-corrected chi connectivity index (χ2v) is 7.71. The normalized spacial score (nSPS) is 14.2. The highest BCUT2D eigenvalue weighted by atomic mass is 32.1. The van der Waals surface area contributed by atoms with E-state index in [-0.39, 0.29) is 17.8 Å². The first-order valence-electron chi connectivity index (χ1n) is 10.3. The second-order valence-electron chi connectivity index (χ2n) is 6.63. The molecule has 1 unspecified atom stereocenters. The zero-order valence-corrected chi connectivity index (χ0v) is 19.0. The van der Waals surface area contributed by atoms with Crippen molar-refractivity contribution >= 4 is 28.3 Å². The Labute approximate surface area is 188 Å². The van der Waals surface area contributed by atoms with Crippen LogP contribution in [-0.4, -0.2) is 16.9 Å². The summed E-state index contributed by atoms with van der Waals surface area (Å²) in [5.41, 5.74) is 13.7. The molecular weight excluding hydrogens is 406 g/mol. The molecule has 0 spiro atoms. The molecule has 1 amide bonds. The van der Waals surface area contributed by atoms with Gasteiger partial charge in [-0.3, -0.25) is 4.79 Å². The Morgan fingerprint density at radius 1 is 1.26 bits per heavy atom. The minimum absolute atomic E-state index is 0.0136. The molecule has 0 bridgehead atoms. The number of nitrogens with zero attached hydrogens (tertiary/aromatic N) is 2. The molecule has 162 valence electrons. The van der Waals surface area contributed by atoms with E-state index in [0.717, 1.165) is 29.8 Å². The van der Waals surface area contributed by atoms with Crippen LogP contribution < -0.4 is 16.8 Å². The fraction of sp³-hybridized carbons (Fsp3) is 0.292. The van der Waals surface area contributed by atoms with E-state index in [9.17, 15) is 4.79 Å². The molecule has 1 heterocycles. The Morgan fingerprint density at radius 3 is 2.68 bits per heavy atom. The van der Waals surface area contributed by atoms with Crippen LogP contribution in [-0.2, 0) is 17.6 Å². The number of aryl methyl sites for hydroxylation is 1. The number of aromatic nitrogens is 1. The minimum Gasteiger partial charge on any atom is -0.370 e. The summed E-state index contributed by atoms with van der Waals surface area (Å²) < 4.78 is 0. The Balaban J connectivity index is 0.00000166. The second kappa shape index (κ2) is 12.4. The molecule has 0 radical (unpaired) electrons. The molecule has 1 aromatic heterocycles. The number of benzene rings is 1. The number of aliphatic imine (C=N–C) groups is 1. The number of thiazole rings is 1. The molecule has 1 atom stereocenters. The number of rotatable bonds is 7. The standard InChI is InChI=1S/C22H23N5OS.C2H6/c1-15(28)25-22-27-19(20(29-22)14-17-6-3-2-4-7-17)13-11-16-8-5-9-18(12-10-16)26-21(23)24;1-2/h2-4,6-7,9-10,12,16H,11,13-14H2,1H3,(H4,23,24,26)(H,25,27,28);1-2H3. The molecule has 0 saturated heterocycles. The van der Waals surface area contributed by atoms with E-state index in [4.69, 9.17) is 11.5 Å². The Morgan fingerprint density at radius 2 is 2.00 bits per heavy atom. The molecule has 1 aliphatic carbocycles. The predicted octanol–water partition coefficient (Wildman–Crippen LogP) is 4.00. The highest BCUT2D eigenvalue weighted by Crippen LogP contribution is 2.28. The van der Waals surface area contributed by atoms with Crippen molar-refractivity contribution < 1.29 is 4.79 Å². The molecule has 7 heteroatoms. The van der Waals surface area contributed by atoms with E-state index in [0.29, 0.717) is 10.8 Å². The van der Waals surface area contributed by atoms with Crippen molar-refractivity contribution in [1.29, 1.82) is 0 Å². The van der Waals surface area contributed by atoms with Gasteiger partial charge in [0.1, 0.15) is 0 Å². The summed E-state index contributed by atoms with van der Waals surface area (Å²) >= 11 is 1.53. The molecule has 5 N–H and O–H groups in total. The maximum absolute atomic E-state index is 11.4. The summed E-state index contributed by atoms with van der Waals surface area (Å²) in [7, 11) is 0. The van der Waals surface area contributed by atoms with Crippen LogP contribution in [0.1, 0.15) is 43.3 Å². The van der Waals surface area contributed by atoms with E-state index in [1.165, 1.54) is 23.8 Å². The largest absolute Gasteiger partial charge is 0.370 e. The van der Waals surface area contributed by atoms with Gasteiger partial charge in [0.2, 0.25) is 5.91 Å². The lowest BCUT2D eigenvalue weighted by Crippen LogP contribution is -2.22. The molecule has 31 heavy (non-hydrogen) atoms. The number of carbonyl (C=O) groups excluding carboxylic acids is 1. The van der Waals surface area contributed by atoms with Crippen molar-refractivity contribution in [3.63, 3.8) is 0 Å². The molecule has 2 aromatic rings. The van der Waals surface area contributed by atoms with Gasteiger partial charge in [0, 0.05) is 30.2 Å². The number of hydrogen-bond donors (Lipinski definition) is 3. The average Bonchev–Trinajstić information content (AvgIpc) is 2.96. The number of allylic oxidation sites excluding steroid dienone is 3. The molecule has 3 rings (SSSR count). The van der Waals surface area contributed by atoms with Gasteiger partial charge in [0.25, 0.3) is 0 Å². The lowest BCUT2D eigenvalue weighted by molar-refractivity contribution is -0.114. The number of guanidine groups is 1. The third-order valence-electron chi connectivity index (χ3n) is 4.21. The van der Waals surface area contributed by atoms with Crippen molar-refractivity contribution in [1.82, 2.24) is 4.98 Å². The van der Waals surface area contributed by atoms with Crippen molar-refractivity contribution in [3.05, 3.63) is 70.4 Å². The molecule has 0 aliphatic heterocycles. The van der Waals surface area contributed by atoms with Gasteiger partial charge in [-0.25, -0.2) is 9.98 Å². The first-order valence-corrected chi connectivity index (χ1v) is 11.1. The van der Waals surface area contributed by atoms with Crippen molar-refractivity contribution in [2.75, 3.05) is 5.32 Å². The Hall–Kier alpha value is -3.37. The highest BCUT2D eigenvalue weighted by molar-refractivity contribution is 7.15. The van der Waals surface area contributed by atoms with Crippen LogP contribution in [0.5, 0.6) is 0 Å². The number of anilines is 1. The van der Waals surface area contributed by atoms with Crippen LogP contribution in [0.25, 0.3) is 0 Å². The summed E-state index contributed by atoms with van der Waals surface area (Å²) in [4.78, 5) is 21.3.